The number of hydrogen-bond acceptors (Lipinski definition) is 3. The van der Waals surface area contributed by atoms with E-state index in [2.05, 4.69) is 85.0 Å². The predicted octanol–water partition coefficient (Wildman–Crippen LogP) is 7.39. The molecule has 2 aromatic carbocycles. The van der Waals surface area contributed by atoms with Crippen LogP contribution in [0.2, 0.25) is 0 Å². The molecule has 0 radical (unpaired) electrons. The molecule has 0 unspecified atom stereocenters. The molecule has 166 valence electrons. The third kappa shape index (κ3) is 8.91. The van der Waals surface area contributed by atoms with Gasteiger partial charge in [0.2, 0.25) is 0 Å². The summed E-state index contributed by atoms with van der Waals surface area (Å²) in [4.78, 5) is 9.66. The van der Waals surface area contributed by atoms with Crippen molar-refractivity contribution in [3.63, 3.8) is 0 Å². The normalized spacial score (nSPS) is 12.1. The first kappa shape index (κ1) is 26.9. The second-order valence-electron chi connectivity index (χ2n) is 7.84. The van der Waals surface area contributed by atoms with E-state index in [0.29, 0.717) is 0 Å². The summed E-state index contributed by atoms with van der Waals surface area (Å²) in [5.74, 6) is 0. The van der Waals surface area contributed by atoms with Crippen molar-refractivity contribution < 1.29 is 13.1 Å². The Morgan fingerprint density at radius 1 is 0.700 bits per heavy atom. The molecule has 0 aliphatic rings. The monoisotopic (exact) mass is 489 g/mol. The number of hydrogen-bond donors (Lipinski definition) is 1. The quantitative estimate of drug-likeness (QED) is 0.333. The summed E-state index contributed by atoms with van der Waals surface area (Å²) in [5.41, 5.74) is 11.9. The molecule has 0 fully saturated rings. The minimum absolute atomic E-state index is 0.194. The van der Waals surface area contributed by atoms with Gasteiger partial charge in [-0.1, -0.05) is 35.4 Å². The molecular formula is C24H33Cl2FeN3. The Bertz CT molecular complexity index is 801. The van der Waals surface area contributed by atoms with Crippen molar-refractivity contribution in [3.05, 3.63) is 57.6 Å². The number of nitrogens with zero attached hydrogens (tertiary/aromatic N) is 2. The first-order valence-electron chi connectivity index (χ1n) is 9.89. The van der Waals surface area contributed by atoms with Crippen LogP contribution in [0.15, 0.2) is 34.3 Å². The Morgan fingerprint density at radius 3 is 1.23 bits per heavy atom. The molecule has 3 nitrogen and oxygen atoms in total. The molecule has 6 heteroatoms. The first-order chi connectivity index (χ1) is 14.1. The van der Waals surface area contributed by atoms with Crippen molar-refractivity contribution in [3.8, 4) is 0 Å². The Morgan fingerprint density at radius 2 is 0.967 bits per heavy atom. The average Bonchev–Trinajstić information content (AvgIpc) is 2.62. The van der Waals surface area contributed by atoms with Crippen molar-refractivity contribution in [1.82, 2.24) is 5.32 Å². The predicted molar refractivity (Wildman–Crippen MR) is 131 cm³/mol. The third-order valence-corrected chi connectivity index (χ3v) is 4.64. The fraction of sp³-hybridized carbons (Fsp3) is 0.417. The number of halogens is 2. The van der Waals surface area contributed by atoms with Crippen LogP contribution < -0.4 is 5.32 Å². The summed E-state index contributed by atoms with van der Waals surface area (Å²) >= 11 is 0.194. The number of aryl methyl sites for hydroxylation is 6. The van der Waals surface area contributed by atoms with E-state index in [-0.39, 0.29) is 13.1 Å². The molecule has 0 heterocycles. The fourth-order valence-corrected chi connectivity index (χ4v) is 3.58. The molecule has 0 aromatic heterocycles. The van der Waals surface area contributed by atoms with Gasteiger partial charge in [0.25, 0.3) is 0 Å². The Kier molecular flexibility index (Phi) is 11.9. The van der Waals surface area contributed by atoms with Crippen molar-refractivity contribution in [2.24, 2.45) is 9.98 Å². The van der Waals surface area contributed by atoms with Crippen molar-refractivity contribution in [2.45, 2.75) is 55.4 Å². The molecule has 0 aliphatic carbocycles. The van der Waals surface area contributed by atoms with Gasteiger partial charge in [-0.05, 0) is 77.6 Å². The summed E-state index contributed by atoms with van der Waals surface area (Å²) in [6, 6.07) is 8.76. The number of aliphatic imine (C=N–C) groups is 2. The molecule has 2 aromatic rings. The topological polar surface area (TPSA) is 36.8 Å². The van der Waals surface area contributed by atoms with Gasteiger partial charge in [-0.15, -0.1) is 0 Å². The van der Waals surface area contributed by atoms with Crippen LogP contribution in [0.25, 0.3) is 0 Å². The zero-order chi connectivity index (χ0) is 22.8. The summed E-state index contributed by atoms with van der Waals surface area (Å²) < 4.78 is 0. The van der Waals surface area contributed by atoms with E-state index < -0.39 is 0 Å². The third-order valence-electron chi connectivity index (χ3n) is 4.64. The molecular weight excluding hydrogens is 457 g/mol. The second kappa shape index (κ2) is 13.3. The van der Waals surface area contributed by atoms with Crippen molar-refractivity contribution >= 4 is 43.0 Å². The van der Waals surface area contributed by atoms with Crippen molar-refractivity contribution in [1.29, 1.82) is 0 Å². The summed E-state index contributed by atoms with van der Waals surface area (Å²) in [7, 11) is 9.53. The van der Waals surface area contributed by atoms with Gasteiger partial charge in [-0.25, -0.2) is 0 Å². The molecule has 0 saturated carbocycles. The minimum atomic E-state index is 0.194. The maximum absolute atomic E-state index is 4.83. The summed E-state index contributed by atoms with van der Waals surface area (Å²) in [6.07, 6.45) is 0. The van der Waals surface area contributed by atoms with E-state index >= 15 is 0 Å². The van der Waals surface area contributed by atoms with Gasteiger partial charge in [0.05, 0.1) is 11.4 Å². The Balaban J connectivity index is 0.00000141. The van der Waals surface area contributed by atoms with Crippen LogP contribution in [-0.4, -0.2) is 24.5 Å². The molecule has 0 amide bonds. The van der Waals surface area contributed by atoms with Gasteiger partial charge in [0.15, 0.2) is 0 Å². The molecule has 0 saturated heterocycles. The number of rotatable bonds is 6. The molecule has 2 rings (SSSR count). The van der Waals surface area contributed by atoms with Crippen molar-refractivity contribution in [2.75, 3.05) is 13.1 Å². The molecule has 30 heavy (non-hydrogen) atoms. The van der Waals surface area contributed by atoms with E-state index in [9.17, 15) is 0 Å². The summed E-state index contributed by atoms with van der Waals surface area (Å²) in [5, 5.41) is 3.46. The molecule has 0 atom stereocenters. The van der Waals surface area contributed by atoms with E-state index in [1.165, 1.54) is 33.4 Å². The SMILES string of the molecule is CC(CNCC(C)=Nc1c(C)cc(C)cc1C)=Nc1c(C)cc(C)cc1C.[Cl][Fe][Cl]. The van der Waals surface area contributed by atoms with Gasteiger partial charge in [0.1, 0.15) is 0 Å². The van der Waals surface area contributed by atoms with Crippen LogP contribution in [0, 0.1) is 41.5 Å². The van der Waals surface area contributed by atoms with Crippen LogP contribution in [0.4, 0.5) is 11.4 Å². The van der Waals surface area contributed by atoms with Gasteiger partial charge < -0.3 is 5.32 Å². The zero-order valence-corrected chi connectivity index (χ0v) is 21.8. The molecule has 0 aliphatic heterocycles. The Hall–Kier alpha value is -1.16. The second-order valence-corrected chi connectivity index (χ2v) is 9.67. The maximum atomic E-state index is 4.83. The van der Waals surface area contributed by atoms with Crippen LogP contribution >= 0.6 is 20.2 Å². The number of benzene rings is 2. The molecule has 0 bridgehead atoms. The van der Waals surface area contributed by atoms with Gasteiger partial charge in [-0.3, -0.25) is 9.98 Å². The number of nitrogens with one attached hydrogen (secondary N) is 1. The van der Waals surface area contributed by atoms with Gasteiger partial charge in [-0.2, -0.15) is 0 Å². The fourth-order valence-electron chi connectivity index (χ4n) is 3.58. The van der Waals surface area contributed by atoms with Gasteiger partial charge >= 0.3 is 33.3 Å². The Labute approximate surface area is 197 Å². The van der Waals surface area contributed by atoms with E-state index in [4.69, 9.17) is 30.2 Å². The molecule has 0 spiro atoms. The standard InChI is InChI=1S/C24H33N3.2ClH.Fe/c1-15-9-17(3)23(18(4)10-15)26-21(7)13-25-14-22(8)27-24-19(5)11-16(2)12-20(24)6;;;/h9-12,25H,13-14H2,1-8H3;2*1H;/q;;;+2/p-2. The average molecular weight is 490 g/mol. The van der Waals surface area contributed by atoms with Crippen LogP contribution in [-0.2, 0) is 13.1 Å². The van der Waals surface area contributed by atoms with Crippen LogP contribution in [0.3, 0.4) is 0 Å². The van der Waals surface area contributed by atoms with Crippen LogP contribution in [0.5, 0.6) is 0 Å². The zero-order valence-electron chi connectivity index (χ0n) is 19.2. The van der Waals surface area contributed by atoms with E-state index in [1.54, 1.807) is 0 Å². The van der Waals surface area contributed by atoms with E-state index in [1.807, 2.05) is 0 Å². The first-order valence-corrected chi connectivity index (χ1v) is 12.9. The van der Waals surface area contributed by atoms with Crippen LogP contribution in [0.1, 0.15) is 47.2 Å². The molecule has 1 N–H and O–H groups in total. The van der Waals surface area contributed by atoms with E-state index in [0.717, 1.165) is 35.9 Å². The summed E-state index contributed by atoms with van der Waals surface area (Å²) in [6.45, 7) is 18.4. The van der Waals surface area contributed by atoms with Gasteiger partial charge in [0, 0.05) is 24.5 Å².